The van der Waals surface area contributed by atoms with Crippen molar-refractivity contribution in [3.63, 3.8) is 0 Å². The van der Waals surface area contributed by atoms with Crippen molar-refractivity contribution in [2.24, 2.45) is 0 Å². The summed E-state index contributed by atoms with van der Waals surface area (Å²) in [6.45, 7) is 8.21. The summed E-state index contributed by atoms with van der Waals surface area (Å²) in [5.74, 6) is 0.427. The van der Waals surface area contributed by atoms with Crippen molar-refractivity contribution in [1.82, 2.24) is 15.1 Å². The van der Waals surface area contributed by atoms with Gasteiger partial charge in [0.1, 0.15) is 0 Å². The van der Waals surface area contributed by atoms with Gasteiger partial charge >= 0.3 is 0 Å². The lowest BCUT2D eigenvalue weighted by Gasteiger charge is -2.33. The molecule has 0 aromatic carbocycles. The van der Waals surface area contributed by atoms with Gasteiger partial charge < -0.3 is 10.2 Å². The fraction of sp³-hybridized carbons (Fsp3) is 0.667. The number of amides is 1. The maximum atomic E-state index is 12.7. The Kier molecular flexibility index (Phi) is 7.26. The molecule has 25 heavy (non-hydrogen) atoms. The maximum Gasteiger partial charge on any atom is 0.233 e. The molecule has 1 aliphatic heterocycles. The molecule has 0 radical (unpaired) electrons. The Morgan fingerprint density at radius 3 is 2.92 bits per heavy atom. The molecule has 2 heterocycles. The van der Waals surface area contributed by atoms with E-state index in [1.165, 1.54) is 23.1 Å². The highest BCUT2D eigenvalue weighted by Crippen LogP contribution is 2.27. The zero-order chi connectivity index (χ0) is 18.4. The molecule has 1 saturated heterocycles. The van der Waals surface area contributed by atoms with Gasteiger partial charge in [-0.3, -0.25) is 4.79 Å². The largest absolute Gasteiger partial charge is 0.357 e. The predicted octanol–water partition coefficient (Wildman–Crippen LogP) is 2.04. The summed E-state index contributed by atoms with van der Waals surface area (Å²) in [6.07, 6.45) is 3.05. The Hall–Kier alpha value is -1.13. The van der Waals surface area contributed by atoms with Crippen molar-refractivity contribution in [3.05, 3.63) is 12.7 Å². The lowest BCUT2D eigenvalue weighted by molar-refractivity contribution is -0.132. The third-order valence-electron chi connectivity index (χ3n) is 4.08. The van der Waals surface area contributed by atoms with Gasteiger partial charge in [-0.15, -0.1) is 16.8 Å². The van der Waals surface area contributed by atoms with Crippen LogP contribution in [0, 0.1) is 0 Å². The number of rotatable bonds is 9. The van der Waals surface area contributed by atoms with Crippen LogP contribution < -0.4 is 5.32 Å². The Labute approximate surface area is 157 Å². The lowest BCUT2D eigenvalue weighted by atomic mass is 10.1. The number of carbonyl (C=O) groups is 1. The van der Waals surface area contributed by atoms with E-state index in [4.69, 9.17) is 0 Å². The van der Waals surface area contributed by atoms with Gasteiger partial charge in [-0.2, -0.15) is 0 Å². The summed E-state index contributed by atoms with van der Waals surface area (Å²) in [5.41, 5.74) is 0. The van der Waals surface area contributed by atoms with Gasteiger partial charge in [-0.05, 0) is 19.8 Å². The van der Waals surface area contributed by atoms with Crippen LogP contribution in [0.5, 0.6) is 0 Å². The SMILES string of the molecule is C=CCNc1nnc(SCC(=O)N([C@@H]2CCS(=O)(=O)C2)[C@H](C)CC)s1. The van der Waals surface area contributed by atoms with Crippen molar-refractivity contribution < 1.29 is 13.2 Å². The standard InChI is InChI=1S/C15H24N4O3S3/c1-4-7-16-14-17-18-15(24-14)23-9-13(20)19(11(3)5-2)12-6-8-25(21,22)10-12/h4,11-12H,1,5-10H2,2-3H3,(H,16,17)/t11-,12-/m1/s1. The van der Waals surface area contributed by atoms with Gasteiger partial charge in [0.2, 0.25) is 11.0 Å². The first kappa shape index (κ1) is 20.2. The first-order valence-corrected chi connectivity index (χ1v) is 11.8. The van der Waals surface area contributed by atoms with Gasteiger partial charge in [-0.1, -0.05) is 36.1 Å². The van der Waals surface area contributed by atoms with E-state index in [2.05, 4.69) is 22.1 Å². The van der Waals surface area contributed by atoms with E-state index >= 15 is 0 Å². The lowest BCUT2D eigenvalue weighted by Crippen LogP contribution is -2.47. The van der Waals surface area contributed by atoms with Crippen LogP contribution in [0.1, 0.15) is 26.7 Å². The topological polar surface area (TPSA) is 92.3 Å². The number of nitrogens with one attached hydrogen (secondary N) is 1. The second-order valence-corrected chi connectivity index (χ2v) is 10.4. The van der Waals surface area contributed by atoms with Crippen LogP contribution in [0.4, 0.5) is 5.13 Å². The van der Waals surface area contributed by atoms with Crippen LogP contribution in [0.15, 0.2) is 17.0 Å². The molecule has 0 aliphatic carbocycles. The van der Waals surface area contributed by atoms with Crippen molar-refractivity contribution in [1.29, 1.82) is 0 Å². The minimum absolute atomic E-state index is 0.0191. The summed E-state index contributed by atoms with van der Waals surface area (Å²) in [4.78, 5) is 14.5. The van der Waals surface area contributed by atoms with Gasteiger partial charge in [0.05, 0.1) is 17.3 Å². The normalized spacial score (nSPS) is 20.2. The average Bonchev–Trinajstić information content (AvgIpc) is 3.17. The molecule has 0 bridgehead atoms. The van der Waals surface area contributed by atoms with E-state index in [1.807, 2.05) is 13.8 Å². The predicted molar refractivity (Wildman–Crippen MR) is 103 cm³/mol. The van der Waals surface area contributed by atoms with E-state index < -0.39 is 9.84 Å². The molecule has 140 valence electrons. The number of thioether (sulfide) groups is 1. The molecule has 7 nitrogen and oxygen atoms in total. The Balaban J connectivity index is 1.97. The zero-order valence-corrected chi connectivity index (χ0v) is 16.9. The number of aromatic nitrogens is 2. The van der Waals surface area contributed by atoms with Crippen LogP contribution in [0.25, 0.3) is 0 Å². The van der Waals surface area contributed by atoms with E-state index in [-0.39, 0.29) is 35.2 Å². The molecule has 2 atom stereocenters. The van der Waals surface area contributed by atoms with Crippen molar-refractivity contribution in [3.8, 4) is 0 Å². The molecule has 0 unspecified atom stereocenters. The summed E-state index contributed by atoms with van der Waals surface area (Å²) in [7, 11) is -3.03. The van der Waals surface area contributed by atoms with E-state index in [0.717, 1.165) is 6.42 Å². The molecule has 0 spiro atoms. The molecule has 2 rings (SSSR count). The molecular formula is C15H24N4O3S3. The highest BCUT2D eigenvalue weighted by atomic mass is 32.2. The van der Waals surface area contributed by atoms with Crippen LogP contribution in [-0.2, 0) is 14.6 Å². The number of hydrogen-bond donors (Lipinski definition) is 1. The third kappa shape index (κ3) is 5.68. The van der Waals surface area contributed by atoms with Gasteiger partial charge in [0.15, 0.2) is 14.2 Å². The Morgan fingerprint density at radius 1 is 1.56 bits per heavy atom. The second-order valence-electron chi connectivity index (χ2n) is 5.95. The fourth-order valence-corrected chi connectivity index (χ4v) is 6.04. The first-order valence-electron chi connectivity index (χ1n) is 8.19. The highest BCUT2D eigenvalue weighted by molar-refractivity contribution is 8.01. The Bertz CT molecular complexity index is 705. The monoisotopic (exact) mass is 404 g/mol. The number of nitrogens with zero attached hydrogens (tertiary/aromatic N) is 3. The van der Waals surface area contributed by atoms with Crippen molar-refractivity contribution in [2.75, 3.05) is 29.1 Å². The fourth-order valence-electron chi connectivity index (χ4n) is 2.70. The van der Waals surface area contributed by atoms with Crippen LogP contribution in [0.3, 0.4) is 0 Å². The van der Waals surface area contributed by atoms with Crippen LogP contribution >= 0.6 is 23.1 Å². The minimum Gasteiger partial charge on any atom is -0.357 e. The first-order chi connectivity index (χ1) is 11.9. The summed E-state index contributed by atoms with van der Waals surface area (Å²) in [6, 6.07) is -0.196. The summed E-state index contributed by atoms with van der Waals surface area (Å²) < 4.78 is 24.3. The van der Waals surface area contributed by atoms with Crippen LogP contribution in [0.2, 0.25) is 0 Å². The molecule has 1 fully saturated rings. The number of sulfone groups is 1. The maximum absolute atomic E-state index is 12.7. The van der Waals surface area contributed by atoms with Gasteiger partial charge in [-0.25, -0.2) is 8.42 Å². The van der Waals surface area contributed by atoms with E-state index in [1.54, 1.807) is 11.0 Å². The third-order valence-corrected chi connectivity index (χ3v) is 7.83. The van der Waals surface area contributed by atoms with Crippen LogP contribution in [-0.4, -0.2) is 65.3 Å². The highest BCUT2D eigenvalue weighted by Gasteiger charge is 2.36. The zero-order valence-electron chi connectivity index (χ0n) is 14.5. The molecule has 1 aliphatic rings. The number of anilines is 1. The van der Waals surface area contributed by atoms with Gasteiger partial charge in [0, 0.05) is 18.6 Å². The van der Waals surface area contributed by atoms with E-state index in [0.29, 0.717) is 22.4 Å². The van der Waals surface area contributed by atoms with Crippen molar-refractivity contribution >= 4 is 44.0 Å². The summed E-state index contributed by atoms with van der Waals surface area (Å²) >= 11 is 2.72. The summed E-state index contributed by atoms with van der Waals surface area (Å²) in [5, 5.41) is 11.8. The molecule has 1 aromatic rings. The average molecular weight is 405 g/mol. The quantitative estimate of drug-likeness (QED) is 0.497. The number of carbonyl (C=O) groups excluding carboxylic acids is 1. The Morgan fingerprint density at radius 2 is 2.32 bits per heavy atom. The van der Waals surface area contributed by atoms with E-state index in [9.17, 15) is 13.2 Å². The second kappa shape index (κ2) is 9.00. The molecule has 10 heteroatoms. The smallest absolute Gasteiger partial charge is 0.233 e. The molecule has 1 amide bonds. The molecule has 1 N–H and O–H groups in total. The molecular weight excluding hydrogens is 380 g/mol. The number of hydrogen-bond acceptors (Lipinski definition) is 8. The molecule has 1 aromatic heterocycles. The minimum atomic E-state index is -3.03. The van der Waals surface area contributed by atoms with Crippen molar-refractivity contribution in [2.45, 2.75) is 43.1 Å². The van der Waals surface area contributed by atoms with Gasteiger partial charge in [0.25, 0.3) is 0 Å². The molecule has 0 saturated carbocycles.